The van der Waals surface area contributed by atoms with E-state index in [0.29, 0.717) is 30.8 Å². The van der Waals surface area contributed by atoms with Gasteiger partial charge in [-0.2, -0.15) is 13.2 Å². The van der Waals surface area contributed by atoms with Gasteiger partial charge in [-0.1, -0.05) is 30.1 Å². The van der Waals surface area contributed by atoms with Gasteiger partial charge in [0.1, 0.15) is 11.5 Å². The highest BCUT2D eigenvalue weighted by Crippen LogP contribution is 2.35. The monoisotopic (exact) mass is 364 g/mol. The first-order valence-electron chi connectivity index (χ1n) is 8.87. The Bertz CT molecular complexity index is 805. The van der Waals surface area contributed by atoms with Crippen molar-refractivity contribution in [2.24, 2.45) is 5.92 Å². The summed E-state index contributed by atoms with van der Waals surface area (Å²) in [5.74, 6) is 0.994. The van der Waals surface area contributed by atoms with E-state index in [-0.39, 0.29) is 11.8 Å². The number of aromatic nitrogens is 1. The van der Waals surface area contributed by atoms with Gasteiger partial charge in [0.2, 0.25) is 5.91 Å². The summed E-state index contributed by atoms with van der Waals surface area (Å²) in [6.45, 7) is 1.01. The molecule has 2 aromatic rings. The molecule has 0 bridgehead atoms. The first-order valence-corrected chi connectivity index (χ1v) is 8.87. The number of carbonyl (C=O) groups excluding carboxylic acids is 1. The van der Waals surface area contributed by atoms with Gasteiger partial charge in [0.15, 0.2) is 0 Å². The largest absolute Gasteiger partial charge is 0.416 e. The summed E-state index contributed by atoms with van der Waals surface area (Å²) in [6.07, 6.45) is 0.294. The topological polar surface area (TPSA) is 46.3 Å². The molecule has 0 unspecified atom stereocenters. The molecule has 1 aliphatic carbocycles. The van der Waals surface area contributed by atoms with Crippen molar-refractivity contribution in [3.8, 4) is 11.3 Å². The number of rotatable bonds is 2. The molecule has 0 radical (unpaired) electrons. The average molecular weight is 364 g/mol. The number of benzene rings is 1. The fraction of sp³-hybridized carbons (Fsp3) is 0.474. The maximum Gasteiger partial charge on any atom is 0.416 e. The number of hydrogen-bond acceptors (Lipinski definition) is 3. The summed E-state index contributed by atoms with van der Waals surface area (Å²) < 4.78 is 43.6. The van der Waals surface area contributed by atoms with Crippen molar-refractivity contribution in [1.29, 1.82) is 0 Å². The molecule has 0 spiro atoms. The van der Waals surface area contributed by atoms with Gasteiger partial charge in [-0.3, -0.25) is 4.79 Å². The van der Waals surface area contributed by atoms with E-state index in [1.54, 1.807) is 0 Å². The molecule has 4 rings (SSSR count). The molecule has 7 heteroatoms. The Labute approximate surface area is 149 Å². The Morgan fingerprint density at radius 3 is 2.50 bits per heavy atom. The second kappa shape index (κ2) is 6.45. The number of nitrogens with zero attached hydrogens (tertiary/aromatic N) is 2. The predicted octanol–water partition coefficient (Wildman–Crippen LogP) is 4.44. The highest BCUT2D eigenvalue weighted by Gasteiger charge is 2.33. The number of fused-ring (bicyclic) bond motifs is 1. The molecule has 1 amide bonds. The zero-order valence-corrected chi connectivity index (χ0v) is 14.2. The van der Waals surface area contributed by atoms with Gasteiger partial charge in [-0.05, 0) is 25.0 Å². The van der Waals surface area contributed by atoms with Gasteiger partial charge < -0.3 is 9.42 Å². The standard InChI is InChI=1S/C19H19F3N2O2/c20-19(21,22)14-7-5-12(6-8-14)17-15-11-24(10-9-16(15)26-23-17)18(25)13-3-1-2-4-13/h5-8,13H,1-4,9-11H2. The van der Waals surface area contributed by atoms with Crippen LogP contribution in [0.15, 0.2) is 28.8 Å². The van der Waals surface area contributed by atoms with Crippen molar-refractivity contribution in [2.75, 3.05) is 6.54 Å². The van der Waals surface area contributed by atoms with Crippen LogP contribution in [-0.4, -0.2) is 22.5 Å². The van der Waals surface area contributed by atoms with E-state index in [1.165, 1.54) is 12.1 Å². The molecule has 138 valence electrons. The molecular weight excluding hydrogens is 345 g/mol. The minimum absolute atomic E-state index is 0.103. The molecule has 1 saturated carbocycles. The third-order valence-corrected chi connectivity index (χ3v) is 5.33. The van der Waals surface area contributed by atoms with E-state index in [1.807, 2.05) is 4.90 Å². The van der Waals surface area contributed by atoms with Crippen LogP contribution in [0.3, 0.4) is 0 Å². The lowest BCUT2D eigenvalue weighted by atomic mass is 9.98. The predicted molar refractivity (Wildman–Crippen MR) is 88.0 cm³/mol. The van der Waals surface area contributed by atoms with Crippen LogP contribution in [0.25, 0.3) is 11.3 Å². The number of carbonyl (C=O) groups is 1. The zero-order chi connectivity index (χ0) is 18.3. The summed E-state index contributed by atoms with van der Waals surface area (Å²) in [4.78, 5) is 14.5. The smallest absolute Gasteiger partial charge is 0.360 e. The summed E-state index contributed by atoms with van der Waals surface area (Å²) in [5.41, 5.74) is 1.20. The van der Waals surface area contributed by atoms with Crippen molar-refractivity contribution >= 4 is 5.91 Å². The summed E-state index contributed by atoms with van der Waals surface area (Å²) in [6, 6.07) is 4.89. The number of alkyl halides is 3. The first-order chi connectivity index (χ1) is 12.4. The van der Waals surface area contributed by atoms with Crippen LogP contribution in [0, 0.1) is 5.92 Å². The lowest BCUT2D eigenvalue weighted by Gasteiger charge is -2.28. The van der Waals surface area contributed by atoms with E-state index in [2.05, 4.69) is 5.16 Å². The van der Waals surface area contributed by atoms with E-state index in [9.17, 15) is 18.0 Å². The Hall–Kier alpha value is -2.31. The number of halogens is 3. The van der Waals surface area contributed by atoms with Gasteiger partial charge in [-0.15, -0.1) is 0 Å². The molecule has 1 aliphatic heterocycles. The van der Waals surface area contributed by atoms with Gasteiger partial charge in [0.25, 0.3) is 0 Å². The Balaban J connectivity index is 1.58. The Kier molecular flexibility index (Phi) is 4.25. The maximum absolute atomic E-state index is 12.7. The molecule has 2 heterocycles. The highest BCUT2D eigenvalue weighted by atomic mass is 19.4. The van der Waals surface area contributed by atoms with E-state index in [4.69, 9.17) is 4.52 Å². The van der Waals surface area contributed by atoms with Crippen molar-refractivity contribution in [2.45, 2.75) is 44.8 Å². The fourth-order valence-corrected chi connectivity index (χ4v) is 3.87. The molecule has 4 nitrogen and oxygen atoms in total. The summed E-state index contributed by atoms with van der Waals surface area (Å²) >= 11 is 0. The second-order valence-electron chi connectivity index (χ2n) is 7.00. The van der Waals surface area contributed by atoms with Gasteiger partial charge >= 0.3 is 6.18 Å². The number of hydrogen-bond donors (Lipinski definition) is 0. The molecule has 0 atom stereocenters. The van der Waals surface area contributed by atoms with Crippen molar-refractivity contribution < 1.29 is 22.5 Å². The van der Waals surface area contributed by atoms with Gasteiger partial charge in [0, 0.05) is 30.0 Å². The van der Waals surface area contributed by atoms with Crippen LogP contribution >= 0.6 is 0 Å². The minimum Gasteiger partial charge on any atom is -0.360 e. The van der Waals surface area contributed by atoms with Gasteiger partial charge in [0.05, 0.1) is 12.1 Å². The Morgan fingerprint density at radius 2 is 1.85 bits per heavy atom. The normalized spacial score (nSPS) is 18.2. The molecule has 1 aromatic carbocycles. The van der Waals surface area contributed by atoms with Crippen molar-refractivity contribution in [1.82, 2.24) is 10.1 Å². The Morgan fingerprint density at radius 1 is 1.15 bits per heavy atom. The van der Waals surface area contributed by atoms with Crippen molar-refractivity contribution in [3.63, 3.8) is 0 Å². The molecule has 26 heavy (non-hydrogen) atoms. The molecule has 1 aromatic heterocycles. The lowest BCUT2D eigenvalue weighted by molar-refractivity contribution is -0.138. The maximum atomic E-state index is 12.7. The van der Waals surface area contributed by atoms with Crippen LogP contribution in [-0.2, 0) is 23.9 Å². The van der Waals surface area contributed by atoms with E-state index >= 15 is 0 Å². The highest BCUT2D eigenvalue weighted by molar-refractivity contribution is 5.80. The second-order valence-corrected chi connectivity index (χ2v) is 7.00. The first kappa shape index (κ1) is 17.1. The third-order valence-electron chi connectivity index (χ3n) is 5.33. The molecule has 2 aliphatic rings. The van der Waals surface area contributed by atoms with E-state index in [0.717, 1.165) is 49.1 Å². The quantitative estimate of drug-likeness (QED) is 0.792. The summed E-state index contributed by atoms with van der Waals surface area (Å²) in [5, 5.41) is 4.06. The van der Waals surface area contributed by atoms with Crippen LogP contribution in [0.2, 0.25) is 0 Å². The minimum atomic E-state index is -4.37. The van der Waals surface area contributed by atoms with Crippen LogP contribution in [0.5, 0.6) is 0 Å². The van der Waals surface area contributed by atoms with Crippen LogP contribution in [0.4, 0.5) is 13.2 Å². The number of amides is 1. The molecular formula is C19H19F3N2O2. The summed E-state index contributed by atoms with van der Waals surface area (Å²) in [7, 11) is 0. The average Bonchev–Trinajstić information content (AvgIpc) is 3.30. The lowest BCUT2D eigenvalue weighted by Crippen LogP contribution is -2.38. The van der Waals surface area contributed by atoms with Gasteiger partial charge in [-0.25, -0.2) is 0 Å². The van der Waals surface area contributed by atoms with Crippen LogP contribution in [0.1, 0.15) is 42.6 Å². The molecule has 0 N–H and O–H groups in total. The fourth-order valence-electron chi connectivity index (χ4n) is 3.87. The SMILES string of the molecule is O=C(C1CCCC1)N1CCc2onc(-c3ccc(C(F)(F)F)cc3)c2C1. The van der Waals surface area contributed by atoms with E-state index < -0.39 is 11.7 Å². The molecule has 1 fully saturated rings. The van der Waals surface area contributed by atoms with Crippen molar-refractivity contribution in [3.05, 3.63) is 41.2 Å². The zero-order valence-electron chi connectivity index (χ0n) is 14.2. The third kappa shape index (κ3) is 3.10. The molecule has 0 saturated heterocycles. The van der Waals surface area contributed by atoms with Crippen LogP contribution < -0.4 is 0 Å².